The Morgan fingerprint density at radius 1 is 1.38 bits per heavy atom. The van der Waals surface area contributed by atoms with E-state index in [-0.39, 0.29) is 0 Å². The van der Waals surface area contributed by atoms with Gasteiger partial charge in [0.15, 0.2) is 0 Å². The van der Waals surface area contributed by atoms with Crippen LogP contribution in [-0.4, -0.2) is 16.3 Å². The number of nitrogens with zero attached hydrogens (tertiary/aromatic N) is 2. The fraction of sp³-hybridized carbons (Fsp3) is 0.769. The van der Waals surface area contributed by atoms with E-state index >= 15 is 0 Å². The minimum absolute atomic E-state index is 0.508. The molecule has 1 N–H and O–H groups in total. The lowest BCUT2D eigenvalue weighted by Gasteiger charge is -2.08. The van der Waals surface area contributed by atoms with Gasteiger partial charge in [-0.2, -0.15) is 5.10 Å². The second-order valence-electron chi connectivity index (χ2n) is 4.43. The van der Waals surface area contributed by atoms with Gasteiger partial charge >= 0.3 is 0 Å². The Balaban J connectivity index is 2.24. The number of nitrogens with one attached hydrogen (secondary N) is 1. The van der Waals surface area contributed by atoms with Crippen molar-refractivity contribution in [3.05, 3.63) is 18.0 Å². The maximum absolute atomic E-state index is 4.55. The monoisotopic (exact) mass is 223 g/mol. The molecule has 3 nitrogen and oxygen atoms in total. The van der Waals surface area contributed by atoms with Crippen LogP contribution in [0.3, 0.4) is 0 Å². The maximum Gasteiger partial charge on any atom is 0.0762 e. The van der Waals surface area contributed by atoms with E-state index in [0.717, 1.165) is 25.2 Å². The predicted molar refractivity (Wildman–Crippen MR) is 68.5 cm³/mol. The lowest BCUT2D eigenvalue weighted by molar-refractivity contribution is 0.471. The van der Waals surface area contributed by atoms with E-state index in [4.69, 9.17) is 0 Å². The zero-order chi connectivity index (χ0) is 11.8. The van der Waals surface area contributed by atoms with E-state index < -0.39 is 0 Å². The van der Waals surface area contributed by atoms with Gasteiger partial charge in [0.2, 0.25) is 0 Å². The van der Waals surface area contributed by atoms with Crippen LogP contribution in [0.4, 0.5) is 0 Å². The van der Waals surface area contributed by atoms with Crippen molar-refractivity contribution >= 4 is 0 Å². The molecular weight excluding hydrogens is 198 g/mol. The number of rotatable bonds is 8. The molecule has 0 aliphatic rings. The molecule has 0 saturated carbocycles. The van der Waals surface area contributed by atoms with Crippen LogP contribution >= 0.6 is 0 Å². The van der Waals surface area contributed by atoms with E-state index in [2.05, 4.69) is 48.1 Å². The Kier molecular flexibility index (Phi) is 6.16. The first-order valence-corrected chi connectivity index (χ1v) is 6.52. The molecule has 1 aromatic heterocycles. The van der Waals surface area contributed by atoms with Gasteiger partial charge in [0, 0.05) is 18.8 Å². The fourth-order valence-corrected chi connectivity index (χ4v) is 1.62. The second-order valence-corrected chi connectivity index (χ2v) is 4.43. The van der Waals surface area contributed by atoms with Crippen molar-refractivity contribution in [1.82, 2.24) is 15.1 Å². The highest BCUT2D eigenvalue weighted by molar-refractivity contribution is 4.99. The van der Waals surface area contributed by atoms with Crippen LogP contribution in [-0.2, 0) is 6.54 Å². The predicted octanol–water partition coefficient (Wildman–Crippen LogP) is 3.13. The average Bonchev–Trinajstić information content (AvgIpc) is 2.76. The second kappa shape index (κ2) is 7.44. The molecule has 1 rings (SSSR count). The first-order chi connectivity index (χ1) is 7.77. The van der Waals surface area contributed by atoms with Crippen LogP contribution < -0.4 is 5.32 Å². The van der Waals surface area contributed by atoms with Gasteiger partial charge in [0.1, 0.15) is 0 Å². The number of hydrogen-bond donors (Lipinski definition) is 1. The summed E-state index contributed by atoms with van der Waals surface area (Å²) in [5, 5.41) is 7.98. The number of hydrogen-bond acceptors (Lipinski definition) is 2. The van der Waals surface area contributed by atoms with Crippen molar-refractivity contribution in [2.45, 2.75) is 59.0 Å². The number of aromatic nitrogens is 2. The Hall–Kier alpha value is -0.830. The maximum atomic E-state index is 4.55. The van der Waals surface area contributed by atoms with Crippen molar-refractivity contribution in [1.29, 1.82) is 0 Å². The molecular formula is C13H25N3. The van der Waals surface area contributed by atoms with Gasteiger partial charge in [-0.1, -0.05) is 26.7 Å². The van der Waals surface area contributed by atoms with Gasteiger partial charge in [0.25, 0.3) is 0 Å². The van der Waals surface area contributed by atoms with Gasteiger partial charge in [-0.3, -0.25) is 4.68 Å². The van der Waals surface area contributed by atoms with Crippen LogP contribution in [0, 0.1) is 0 Å². The first kappa shape index (κ1) is 13.2. The molecule has 0 aliphatic carbocycles. The van der Waals surface area contributed by atoms with Crippen LogP contribution in [0.5, 0.6) is 0 Å². The smallest absolute Gasteiger partial charge is 0.0762 e. The molecule has 92 valence electrons. The normalized spacial score (nSPS) is 12.9. The lowest BCUT2D eigenvalue weighted by Crippen LogP contribution is -2.15. The summed E-state index contributed by atoms with van der Waals surface area (Å²) in [5.41, 5.74) is 1.15. The minimum atomic E-state index is 0.508. The molecule has 1 atom stereocenters. The molecule has 0 saturated heterocycles. The van der Waals surface area contributed by atoms with E-state index in [0.29, 0.717) is 6.04 Å². The molecule has 16 heavy (non-hydrogen) atoms. The zero-order valence-electron chi connectivity index (χ0n) is 10.9. The van der Waals surface area contributed by atoms with Gasteiger partial charge in [-0.25, -0.2) is 0 Å². The third-order valence-corrected chi connectivity index (χ3v) is 2.97. The summed E-state index contributed by atoms with van der Waals surface area (Å²) in [5.74, 6) is 0. The molecule has 3 heteroatoms. The van der Waals surface area contributed by atoms with E-state index in [9.17, 15) is 0 Å². The van der Waals surface area contributed by atoms with Gasteiger partial charge in [0.05, 0.1) is 5.69 Å². The van der Waals surface area contributed by atoms with Crippen LogP contribution in [0.2, 0.25) is 0 Å². The standard InChI is InChI=1S/C13H25N3/c1-4-6-7-9-14-11-13-8-10-16(15-13)12(3)5-2/h8,10,12,14H,4-7,9,11H2,1-3H3. The van der Waals surface area contributed by atoms with E-state index in [1.807, 2.05) is 0 Å². The molecule has 0 aliphatic heterocycles. The molecule has 0 aromatic carbocycles. The molecule has 1 unspecified atom stereocenters. The summed E-state index contributed by atoms with van der Waals surface area (Å²) in [4.78, 5) is 0. The quantitative estimate of drug-likeness (QED) is 0.686. The van der Waals surface area contributed by atoms with Crippen LogP contribution in [0.15, 0.2) is 12.3 Å². The van der Waals surface area contributed by atoms with Gasteiger partial charge in [-0.15, -0.1) is 0 Å². The largest absolute Gasteiger partial charge is 0.311 e. The third-order valence-electron chi connectivity index (χ3n) is 2.97. The minimum Gasteiger partial charge on any atom is -0.311 e. The Morgan fingerprint density at radius 2 is 2.19 bits per heavy atom. The van der Waals surface area contributed by atoms with Crippen molar-refractivity contribution in [2.24, 2.45) is 0 Å². The Bertz CT molecular complexity index is 280. The van der Waals surface area contributed by atoms with Gasteiger partial charge in [-0.05, 0) is 32.4 Å². The highest BCUT2D eigenvalue weighted by Gasteiger charge is 2.03. The molecule has 0 fully saturated rings. The first-order valence-electron chi connectivity index (χ1n) is 6.52. The third kappa shape index (κ3) is 4.35. The molecule has 0 amide bonds. The summed E-state index contributed by atoms with van der Waals surface area (Å²) in [7, 11) is 0. The summed E-state index contributed by atoms with van der Waals surface area (Å²) in [6, 6.07) is 2.62. The topological polar surface area (TPSA) is 29.9 Å². The van der Waals surface area contributed by atoms with E-state index in [1.54, 1.807) is 0 Å². The lowest BCUT2D eigenvalue weighted by atomic mass is 10.2. The van der Waals surface area contributed by atoms with E-state index in [1.165, 1.54) is 19.3 Å². The Morgan fingerprint density at radius 3 is 2.88 bits per heavy atom. The van der Waals surface area contributed by atoms with Gasteiger partial charge < -0.3 is 5.32 Å². The molecule has 1 aromatic rings. The average molecular weight is 223 g/mol. The van der Waals surface area contributed by atoms with Crippen LogP contribution in [0.1, 0.15) is 58.2 Å². The molecule has 0 radical (unpaired) electrons. The summed E-state index contributed by atoms with van der Waals surface area (Å²) < 4.78 is 2.06. The van der Waals surface area contributed by atoms with Crippen molar-refractivity contribution in [3.8, 4) is 0 Å². The Labute approximate surface area is 99.2 Å². The SMILES string of the molecule is CCCCCNCc1ccn(C(C)CC)n1. The molecule has 1 heterocycles. The summed E-state index contributed by atoms with van der Waals surface area (Å²) in [6.45, 7) is 8.62. The highest BCUT2D eigenvalue weighted by Crippen LogP contribution is 2.08. The van der Waals surface area contributed by atoms with Crippen LogP contribution in [0.25, 0.3) is 0 Å². The summed E-state index contributed by atoms with van der Waals surface area (Å²) >= 11 is 0. The van der Waals surface area contributed by atoms with Crippen molar-refractivity contribution in [3.63, 3.8) is 0 Å². The summed E-state index contributed by atoms with van der Waals surface area (Å²) in [6.07, 6.45) is 7.07. The molecule has 0 bridgehead atoms. The van der Waals surface area contributed by atoms with Crippen molar-refractivity contribution in [2.75, 3.05) is 6.54 Å². The molecule has 0 spiro atoms. The number of unbranched alkanes of at least 4 members (excludes halogenated alkanes) is 2. The highest BCUT2D eigenvalue weighted by atomic mass is 15.3. The zero-order valence-corrected chi connectivity index (χ0v) is 10.9. The fourth-order valence-electron chi connectivity index (χ4n) is 1.62. The van der Waals surface area contributed by atoms with Crippen molar-refractivity contribution < 1.29 is 0 Å².